The summed E-state index contributed by atoms with van der Waals surface area (Å²) in [6.07, 6.45) is 6.42. The van der Waals surface area contributed by atoms with Gasteiger partial charge in [-0.25, -0.2) is 4.98 Å². The molecule has 2 atom stereocenters. The van der Waals surface area contributed by atoms with Gasteiger partial charge in [-0.1, -0.05) is 33.6 Å². The van der Waals surface area contributed by atoms with Crippen molar-refractivity contribution in [3.05, 3.63) is 28.5 Å². The molecule has 1 heterocycles. The molecule has 3 nitrogen and oxygen atoms in total. The first-order chi connectivity index (χ1) is 9.39. The van der Waals surface area contributed by atoms with Gasteiger partial charge in [-0.05, 0) is 52.2 Å². The van der Waals surface area contributed by atoms with Crippen LogP contribution in [0.4, 0.5) is 0 Å². The number of pyridine rings is 1. The van der Waals surface area contributed by atoms with Crippen molar-refractivity contribution in [2.75, 3.05) is 0 Å². The van der Waals surface area contributed by atoms with E-state index in [1.165, 1.54) is 19.3 Å². The van der Waals surface area contributed by atoms with E-state index in [0.717, 1.165) is 6.42 Å². The van der Waals surface area contributed by atoms with Gasteiger partial charge in [-0.3, -0.25) is 4.79 Å². The van der Waals surface area contributed by atoms with E-state index in [1.54, 1.807) is 18.3 Å². The molecule has 2 rings (SSSR count). The van der Waals surface area contributed by atoms with Crippen LogP contribution in [-0.4, -0.2) is 16.9 Å². The summed E-state index contributed by atoms with van der Waals surface area (Å²) in [4.78, 5) is 16.5. The van der Waals surface area contributed by atoms with Gasteiger partial charge in [0, 0.05) is 12.2 Å². The van der Waals surface area contributed by atoms with E-state index in [0.29, 0.717) is 16.1 Å². The molecule has 20 heavy (non-hydrogen) atoms. The van der Waals surface area contributed by atoms with Gasteiger partial charge in [-0.2, -0.15) is 0 Å². The maximum Gasteiger partial charge on any atom is 0.254 e. The molecule has 1 saturated carbocycles. The molecule has 1 amide bonds. The molecule has 0 spiro atoms. The topological polar surface area (TPSA) is 42.0 Å². The molecule has 0 saturated heterocycles. The van der Waals surface area contributed by atoms with Crippen molar-refractivity contribution in [1.82, 2.24) is 10.3 Å². The van der Waals surface area contributed by atoms with E-state index >= 15 is 0 Å². The summed E-state index contributed by atoms with van der Waals surface area (Å²) >= 11 is 3.34. The zero-order valence-corrected chi connectivity index (χ0v) is 14.0. The number of aromatic nitrogens is 1. The first-order valence-electron chi connectivity index (χ1n) is 7.31. The van der Waals surface area contributed by atoms with Crippen LogP contribution in [0.5, 0.6) is 0 Å². The van der Waals surface area contributed by atoms with Gasteiger partial charge in [-0.15, -0.1) is 0 Å². The Labute approximate surface area is 129 Å². The minimum absolute atomic E-state index is 0.0221. The Morgan fingerprint density at radius 2 is 2.05 bits per heavy atom. The summed E-state index contributed by atoms with van der Waals surface area (Å²) < 4.78 is 0.612. The fraction of sp³-hybridized carbons (Fsp3) is 0.625. The van der Waals surface area contributed by atoms with Crippen molar-refractivity contribution in [3.63, 3.8) is 0 Å². The van der Waals surface area contributed by atoms with Crippen LogP contribution in [0.25, 0.3) is 0 Å². The summed E-state index contributed by atoms with van der Waals surface area (Å²) in [6, 6.07) is 3.87. The van der Waals surface area contributed by atoms with Gasteiger partial charge in [0.1, 0.15) is 4.60 Å². The molecule has 110 valence electrons. The number of amides is 1. The fourth-order valence-corrected chi connectivity index (χ4v) is 3.57. The first kappa shape index (κ1) is 15.5. The molecular weight excluding hydrogens is 316 g/mol. The highest BCUT2D eigenvalue weighted by molar-refractivity contribution is 9.10. The van der Waals surface area contributed by atoms with Crippen LogP contribution in [0.1, 0.15) is 56.8 Å². The number of carbonyl (C=O) groups excluding carboxylic acids is 1. The van der Waals surface area contributed by atoms with Crippen LogP contribution in [0.15, 0.2) is 22.9 Å². The minimum Gasteiger partial charge on any atom is -0.349 e. The van der Waals surface area contributed by atoms with Crippen LogP contribution < -0.4 is 5.32 Å². The lowest BCUT2D eigenvalue weighted by Gasteiger charge is -2.40. The summed E-state index contributed by atoms with van der Waals surface area (Å²) in [5.74, 6) is 0.516. The fourth-order valence-electron chi connectivity index (χ4n) is 3.14. The normalized spacial score (nSPS) is 23.4. The van der Waals surface area contributed by atoms with Gasteiger partial charge in [0.05, 0.1) is 5.56 Å². The Kier molecular flexibility index (Phi) is 4.84. The second-order valence-electron chi connectivity index (χ2n) is 6.68. The average Bonchev–Trinajstić information content (AvgIpc) is 2.38. The molecule has 1 N–H and O–H groups in total. The highest BCUT2D eigenvalue weighted by atomic mass is 79.9. The first-order valence-corrected chi connectivity index (χ1v) is 8.10. The van der Waals surface area contributed by atoms with Crippen LogP contribution in [-0.2, 0) is 0 Å². The number of halogens is 1. The molecule has 1 aromatic rings. The maximum atomic E-state index is 12.4. The van der Waals surface area contributed by atoms with Gasteiger partial charge < -0.3 is 5.32 Å². The van der Waals surface area contributed by atoms with Crippen molar-refractivity contribution < 1.29 is 4.79 Å². The molecule has 1 aliphatic carbocycles. The Hall–Kier alpha value is -0.900. The zero-order chi connectivity index (χ0) is 14.8. The predicted octanol–water partition coefficient (Wildman–Crippen LogP) is 4.18. The Morgan fingerprint density at radius 3 is 2.70 bits per heavy atom. The standard InChI is InChI=1S/C16H23BrN2O/c1-16(2,3)12-8-4-5-9-13(12)19-15(20)11-7-6-10-18-14(11)17/h6-7,10,12-13H,4-5,8-9H2,1-3H3,(H,19,20). The van der Waals surface area contributed by atoms with E-state index in [9.17, 15) is 4.79 Å². The third-order valence-corrected chi connectivity index (χ3v) is 4.83. The quantitative estimate of drug-likeness (QED) is 0.822. The molecular formula is C16H23BrN2O. The number of nitrogens with zero attached hydrogens (tertiary/aromatic N) is 1. The molecule has 0 aromatic carbocycles. The van der Waals surface area contributed by atoms with Gasteiger partial charge in [0.25, 0.3) is 5.91 Å². The lowest BCUT2D eigenvalue weighted by Crippen LogP contribution is -2.46. The monoisotopic (exact) mass is 338 g/mol. The SMILES string of the molecule is CC(C)(C)C1CCCCC1NC(=O)c1cccnc1Br. The summed E-state index contributed by atoms with van der Waals surface area (Å²) in [5.41, 5.74) is 0.843. The number of carbonyl (C=O) groups is 1. The van der Waals surface area contributed by atoms with Crippen molar-refractivity contribution in [2.24, 2.45) is 11.3 Å². The summed E-state index contributed by atoms with van der Waals surface area (Å²) in [7, 11) is 0. The molecule has 0 radical (unpaired) electrons. The lowest BCUT2D eigenvalue weighted by atomic mass is 9.69. The van der Waals surface area contributed by atoms with Gasteiger partial charge in [0.15, 0.2) is 0 Å². The van der Waals surface area contributed by atoms with Crippen molar-refractivity contribution in [2.45, 2.75) is 52.5 Å². The third-order valence-electron chi connectivity index (χ3n) is 4.20. The Balaban J connectivity index is 2.11. The van der Waals surface area contributed by atoms with Crippen LogP contribution in [0, 0.1) is 11.3 Å². The van der Waals surface area contributed by atoms with Crippen molar-refractivity contribution >= 4 is 21.8 Å². The number of hydrogen-bond donors (Lipinski definition) is 1. The van der Waals surface area contributed by atoms with E-state index in [2.05, 4.69) is 47.0 Å². The minimum atomic E-state index is -0.0221. The molecule has 0 bridgehead atoms. The average molecular weight is 339 g/mol. The third kappa shape index (κ3) is 3.60. The number of nitrogens with one attached hydrogen (secondary N) is 1. The second-order valence-corrected chi connectivity index (χ2v) is 7.43. The molecule has 1 aliphatic rings. The summed E-state index contributed by atoms with van der Waals surface area (Å²) in [5, 5.41) is 3.22. The molecule has 1 aromatic heterocycles. The van der Waals surface area contributed by atoms with Crippen LogP contribution in [0.3, 0.4) is 0 Å². The highest BCUT2D eigenvalue weighted by Crippen LogP contribution is 2.38. The van der Waals surface area contributed by atoms with E-state index < -0.39 is 0 Å². The highest BCUT2D eigenvalue weighted by Gasteiger charge is 2.35. The van der Waals surface area contributed by atoms with Gasteiger partial charge in [0.2, 0.25) is 0 Å². The van der Waals surface area contributed by atoms with E-state index in [1.807, 2.05) is 0 Å². The number of hydrogen-bond acceptors (Lipinski definition) is 2. The second kappa shape index (κ2) is 6.25. The largest absolute Gasteiger partial charge is 0.349 e. The van der Waals surface area contributed by atoms with Gasteiger partial charge >= 0.3 is 0 Å². The molecule has 2 unspecified atom stereocenters. The van der Waals surface area contributed by atoms with Crippen LogP contribution >= 0.6 is 15.9 Å². The summed E-state index contributed by atoms with van der Waals surface area (Å²) in [6.45, 7) is 6.80. The van der Waals surface area contributed by atoms with E-state index in [4.69, 9.17) is 0 Å². The zero-order valence-electron chi connectivity index (χ0n) is 12.4. The molecule has 4 heteroatoms. The predicted molar refractivity (Wildman–Crippen MR) is 84.6 cm³/mol. The van der Waals surface area contributed by atoms with E-state index in [-0.39, 0.29) is 17.4 Å². The van der Waals surface area contributed by atoms with Crippen molar-refractivity contribution in [3.8, 4) is 0 Å². The van der Waals surface area contributed by atoms with Crippen molar-refractivity contribution in [1.29, 1.82) is 0 Å². The molecule has 1 fully saturated rings. The molecule has 0 aliphatic heterocycles. The Bertz CT molecular complexity index is 482. The lowest BCUT2D eigenvalue weighted by molar-refractivity contribution is 0.0829. The smallest absolute Gasteiger partial charge is 0.254 e. The van der Waals surface area contributed by atoms with Crippen LogP contribution in [0.2, 0.25) is 0 Å². The Morgan fingerprint density at radius 1 is 1.35 bits per heavy atom. The maximum absolute atomic E-state index is 12.4. The number of rotatable bonds is 2.